The number of hydrogen-bond donors (Lipinski definition) is 2. The zero-order chi connectivity index (χ0) is 17.3. The average molecular weight is 349 g/mol. The van der Waals surface area contributed by atoms with E-state index in [1.807, 2.05) is 6.92 Å². The molecule has 3 amide bonds. The summed E-state index contributed by atoms with van der Waals surface area (Å²) >= 11 is 1.47. The number of primary amides is 1. The molecule has 1 aliphatic carbocycles. The van der Waals surface area contributed by atoms with Crippen LogP contribution in [0.15, 0.2) is 0 Å². The first-order valence-electron chi connectivity index (χ1n) is 8.54. The third kappa shape index (κ3) is 3.17. The van der Waals surface area contributed by atoms with Crippen molar-refractivity contribution < 1.29 is 14.4 Å². The number of nitrogens with two attached hydrogens (primary N) is 1. The standard InChI is InChI=1S/C17H23N3O3S/c1-2-20-9-10(8-13(20)21)16(23)19-17-14(15(18)22)11-6-4-3-5-7-12(11)24-17/h10H,2-9H2,1H3,(H2,18,22)(H,19,23)/t10-/m1/s1. The Hall–Kier alpha value is -1.89. The van der Waals surface area contributed by atoms with Crippen LogP contribution in [0.25, 0.3) is 0 Å². The summed E-state index contributed by atoms with van der Waals surface area (Å²) in [5, 5.41) is 3.43. The van der Waals surface area contributed by atoms with Crippen molar-refractivity contribution in [1.29, 1.82) is 0 Å². The van der Waals surface area contributed by atoms with Gasteiger partial charge in [0.2, 0.25) is 11.8 Å². The fourth-order valence-corrected chi connectivity index (χ4v) is 4.86. The predicted octanol–water partition coefficient (Wildman–Crippen LogP) is 1.92. The molecule has 24 heavy (non-hydrogen) atoms. The lowest BCUT2D eigenvalue weighted by atomic mass is 10.0. The summed E-state index contributed by atoms with van der Waals surface area (Å²) in [6.07, 6.45) is 5.30. The molecule has 0 radical (unpaired) electrons. The lowest BCUT2D eigenvalue weighted by molar-refractivity contribution is -0.128. The quantitative estimate of drug-likeness (QED) is 0.814. The first-order valence-corrected chi connectivity index (χ1v) is 9.35. The largest absolute Gasteiger partial charge is 0.365 e. The van der Waals surface area contributed by atoms with Crippen LogP contribution in [-0.2, 0) is 22.4 Å². The van der Waals surface area contributed by atoms with Crippen LogP contribution >= 0.6 is 11.3 Å². The Balaban J connectivity index is 1.81. The van der Waals surface area contributed by atoms with Gasteiger partial charge in [0.15, 0.2) is 0 Å². The van der Waals surface area contributed by atoms with E-state index in [1.54, 1.807) is 4.90 Å². The van der Waals surface area contributed by atoms with Crippen LogP contribution in [0.5, 0.6) is 0 Å². The maximum absolute atomic E-state index is 12.5. The van der Waals surface area contributed by atoms with E-state index < -0.39 is 5.91 Å². The van der Waals surface area contributed by atoms with Crippen LogP contribution in [0.4, 0.5) is 5.00 Å². The number of carbonyl (C=O) groups excluding carboxylic acids is 3. The predicted molar refractivity (Wildman–Crippen MR) is 93.1 cm³/mol. The van der Waals surface area contributed by atoms with Crippen LogP contribution in [0.1, 0.15) is 53.4 Å². The lowest BCUT2D eigenvalue weighted by Crippen LogP contribution is -2.28. The Morgan fingerprint density at radius 3 is 2.71 bits per heavy atom. The van der Waals surface area contributed by atoms with Crippen molar-refractivity contribution in [2.24, 2.45) is 11.7 Å². The molecule has 1 saturated heterocycles. The molecule has 1 aromatic heterocycles. The number of aryl methyl sites for hydroxylation is 1. The summed E-state index contributed by atoms with van der Waals surface area (Å²) in [4.78, 5) is 39.1. The SMILES string of the molecule is CCN1C[C@H](C(=O)Nc2sc3c(c2C(N)=O)CCCCC3)CC1=O. The summed E-state index contributed by atoms with van der Waals surface area (Å²) < 4.78 is 0. The highest BCUT2D eigenvalue weighted by atomic mass is 32.1. The zero-order valence-corrected chi connectivity index (χ0v) is 14.7. The van der Waals surface area contributed by atoms with E-state index in [2.05, 4.69) is 5.32 Å². The highest BCUT2D eigenvalue weighted by molar-refractivity contribution is 7.17. The minimum absolute atomic E-state index is 0.00902. The maximum Gasteiger partial charge on any atom is 0.251 e. The summed E-state index contributed by atoms with van der Waals surface area (Å²) in [5.74, 6) is -1.03. The first-order chi connectivity index (χ1) is 11.5. The second-order valence-electron chi connectivity index (χ2n) is 6.46. The number of nitrogens with zero attached hydrogens (tertiary/aromatic N) is 1. The van der Waals surface area contributed by atoms with Gasteiger partial charge in [-0.15, -0.1) is 11.3 Å². The number of fused-ring (bicyclic) bond motifs is 1. The number of anilines is 1. The van der Waals surface area contributed by atoms with Crippen LogP contribution in [-0.4, -0.2) is 35.7 Å². The number of nitrogens with one attached hydrogen (secondary N) is 1. The van der Waals surface area contributed by atoms with E-state index in [1.165, 1.54) is 11.3 Å². The van der Waals surface area contributed by atoms with E-state index >= 15 is 0 Å². The summed E-state index contributed by atoms with van der Waals surface area (Å²) in [5.41, 5.74) is 7.07. The van der Waals surface area contributed by atoms with E-state index in [0.717, 1.165) is 42.5 Å². The maximum atomic E-state index is 12.5. The molecule has 2 aliphatic rings. The van der Waals surface area contributed by atoms with Gasteiger partial charge in [0.25, 0.3) is 5.91 Å². The Morgan fingerprint density at radius 1 is 1.29 bits per heavy atom. The molecule has 6 nitrogen and oxygen atoms in total. The zero-order valence-electron chi connectivity index (χ0n) is 13.9. The second-order valence-corrected chi connectivity index (χ2v) is 7.56. The van der Waals surface area contributed by atoms with Gasteiger partial charge in [-0.3, -0.25) is 14.4 Å². The van der Waals surface area contributed by atoms with Crippen LogP contribution < -0.4 is 11.1 Å². The smallest absolute Gasteiger partial charge is 0.251 e. The highest BCUT2D eigenvalue weighted by Crippen LogP contribution is 2.37. The topological polar surface area (TPSA) is 92.5 Å². The summed E-state index contributed by atoms with van der Waals surface area (Å²) in [7, 11) is 0. The third-order valence-electron chi connectivity index (χ3n) is 4.87. The molecule has 0 unspecified atom stereocenters. The normalized spacial score (nSPS) is 20.6. The van der Waals surface area contributed by atoms with Gasteiger partial charge >= 0.3 is 0 Å². The van der Waals surface area contributed by atoms with Gasteiger partial charge in [-0.2, -0.15) is 0 Å². The molecule has 0 bridgehead atoms. The van der Waals surface area contributed by atoms with E-state index in [4.69, 9.17) is 5.73 Å². The van der Waals surface area contributed by atoms with Gasteiger partial charge < -0.3 is 16.0 Å². The molecular weight excluding hydrogens is 326 g/mol. The molecular formula is C17H23N3O3S. The molecule has 3 N–H and O–H groups in total. The highest BCUT2D eigenvalue weighted by Gasteiger charge is 2.34. The molecule has 1 atom stereocenters. The fraction of sp³-hybridized carbons (Fsp3) is 0.588. The summed E-state index contributed by atoms with van der Waals surface area (Å²) in [6.45, 7) is 2.96. The molecule has 3 rings (SSSR count). The molecule has 0 spiro atoms. The lowest BCUT2D eigenvalue weighted by Gasteiger charge is -2.13. The number of amides is 3. The van der Waals surface area contributed by atoms with Gasteiger partial charge in [-0.05, 0) is 38.2 Å². The average Bonchev–Trinajstić information content (AvgIpc) is 2.99. The van der Waals surface area contributed by atoms with E-state index in [-0.39, 0.29) is 24.2 Å². The summed E-state index contributed by atoms with van der Waals surface area (Å²) in [6, 6.07) is 0. The Kier molecular flexibility index (Phi) is 4.89. The van der Waals surface area contributed by atoms with Gasteiger partial charge in [0, 0.05) is 24.4 Å². The van der Waals surface area contributed by atoms with Gasteiger partial charge in [0.05, 0.1) is 11.5 Å². The van der Waals surface area contributed by atoms with Gasteiger partial charge in [0.1, 0.15) is 5.00 Å². The van der Waals surface area contributed by atoms with Crippen LogP contribution in [0, 0.1) is 5.92 Å². The van der Waals surface area contributed by atoms with Gasteiger partial charge in [-0.1, -0.05) is 6.42 Å². The van der Waals surface area contributed by atoms with Crippen LogP contribution in [0.3, 0.4) is 0 Å². The van der Waals surface area contributed by atoms with Crippen molar-refractivity contribution in [1.82, 2.24) is 4.90 Å². The van der Waals surface area contributed by atoms with Crippen molar-refractivity contribution in [3.05, 3.63) is 16.0 Å². The second kappa shape index (κ2) is 6.93. The van der Waals surface area contributed by atoms with Crippen molar-refractivity contribution in [3.63, 3.8) is 0 Å². The van der Waals surface area contributed by atoms with E-state index in [9.17, 15) is 14.4 Å². The molecule has 1 fully saturated rings. The first kappa shape index (κ1) is 17.0. The number of thiophene rings is 1. The number of rotatable bonds is 4. The molecule has 7 heteroatoms. The third-order valence-corrected chi connectivity index (χ3v) is 6.08. The van der Waals surface area contributed by atoms with Crippen molar-refractivity contribution >= 4 is 34.1 Å². The molecule has 130 valence electrons. The van der Waals surface area contributed by atoms with Crippen LogP contribution in [0.2, 0.25) is 0 Å². The number of likely N-dealkylation sites (tertiary alicyclic amines) is 1. The Labute approximate surface area is 145 Å². The molecule has 1 aromatic rings. The number of carbonyl (C=O) groups is 3. The Morgan fingerprint density at radius 2 is 2.04 bits per heavy atom. The minimum Gasteiger partial charge on any atom is -0.365 e. The molecule has 0 saturated carbocycles. The molecule has 1 aliphatic heterocycles. The van der Waals surface area contributed by atoms with E-state index in [0.29, 0.717) is 23.7 Å². The van der Waals surface area contributed by atoms with Crippen molar-refractivity contribution in [2.75, 3.05) is 18.4 Å². The van der Waals surface area contributed by atoms with Crippen molar-refractivity contribution in [2.45, 2.75) is 45.4 Å². The van der Waals surface area contributed by atoms with Gasteiger partial charge in [-0.25, -0.2) is 0 Å². The fourth-order valence-electron chi connectivity index (χ4n) is 3.56. The number of hydrogen-bond acceptors (Lipinski definition) is 4. The van der Waals surface area contributed by atoms with Crippen molar-refractivity contribution in [3.8, 4) is 0 Å². The Bertz CT molecular complexity index is 683. The minimum atomic E-state index is -0.484. The molecule has 2 heterocycles. The molecule has 0 aromatic carbocycles. The monoisotopic (exact) mass is 349 g/mol.